The highest BCUT2D eigenvalue weighted by atomic mass is 32.1. The monoisotopic (exact) mass is 788 g/mol. The molecule has 0 spiro atoms. The molecule has 4 atom stereocenters. The molecule has 1 fully saturated rings. The lowest BCUT2D eigenvalue weighted by Gasteiger charge is -2.62. The number of thiol groups is 2. The molecule has 282 valence electrons. The van der Waals surface area contributed by atoms with Gasteiger partial charge in [-0.15, -0.1) is 0 Å². The van der Waals surface area contributed by atoms with Gasteiger partial charge in [-0.2, -0.15) is 25.3 Å². The summed E-state index contributed by atoms with van der Waals surface area (Å²) in [5, 5.41) is 15.5. The second kappa shape index (κ2) is 13.1. The summed E-state index contributed by atoms with van der Waals surface area (Å²) in [7, 11) is 0. The zero-order chi connectivity index (χ0) is 39.0. The van der Waals surface area contributed by atoms with E-state index in [1.807, 2.05) is 158 Å². The highest BCUT2D eigenvalue weighted by Crippen LogP contribution is 2.73. The fraction of sp³-hybridized carbons (Fsp3) is 0.149. The van der Waals surface area contributed by atoms with Crippen molar-refractivity contribution in [3.05, 3.63) is 224 Å². The summed E-state index contributed by atoms with van der Waals surface area (Å²) in [5.41, 5.74) is -2.47. The van der Waals surface area contributed by atoms with Crippen molar-refractivity contribution in [3.8, 4) is 23.0 Å². The van der Waals surface area contributed by atoms with Crippen LogP contribution in [0.5, 0.6) is 23.0 Å². The molecule has 8 nitrogen and oxygen atoms in total. The van der Waals surface area contributed by atoms with Gasteiger partial charge in [-0.3, -0.25) is 14.3 Å². The Morgan fingerprint density at radius 1 is 0.579 bits per heavy atom. The third kappa shape index (κ3) is 4.55. The van der Waals surface area contributed by atoms with E-state index in [1.54, 1.807) is 0 Å². The van der Waals surface area contributed by atoms with Gasteiger partial charge >= 0.3 is 5.69 Å². The minimum atomic E-state index is -2.30. The predicted octanol–water partition coefficient (Wildman–Crippen LogP) is 8.04. The maximum atomic E-state index is 15.5. The second-order valence-electron chi connectivity index (χ2n) is 14.6. The third-order valence-corrected chi connectivity index (χ3v) is 13.4. The van der Waals surface area contributed by atoms with Gasteiger partial charge in [0.1, 0.15) is 28.6 Å². The number of aromatic nitrogens is 2. The van der Waals surface area contributed by atoms with E-state index in [0.717, 1.165) is 16.7 Å². The normalized spacial score (nSPS) is 23.5. The van der Waals surface area contributed by atoms with Crippen LogP contribution < -0.4 is 20.7 Å². The lowest BCUT2D eigenvalue weighted by Crippen LogP contribution is -2.74. The van der Waals surface area contributed by atoms with Crippen LogP contribution in [0.15, 0.2) is 180 Å². The van der Waals surface area contributed by atoms with E-state index < -0.39 is 44.8 Å². The molecule has 2 N–H and O–H groups in total. The standard InChI is InChI=1S/C47H36N2O6S2/c50-41-27-28-49(43(51)48-41)42-46(52,44(30-15-3-1-4-16-30)32-19-7-11-23-36(32)53-37-24-12-8-20-33(37)44)47(57,40(29-56)55-42)45(31-17-5-2-6-18-31)34-21-9-13-25-38(34)54-39-26-14-10-22-35(39)45/h1-28,40,42,52,56-57H,29H2,(H,48,50,51)/t40-,42-,46-,47+/m1/s1. The summed E-state index contributed by atoms with van der Waals surface area (Å²) in [6.45, 7) is 0. The van der Waals surface area contributed by atoms with E-state index >= 15 is 5.11 Å². The number of para-hydroxylation sites is 4. The van der Waals surface area contributed by atoms with E-state index in [-0.39, 0.29) is 5.75 Å². The number of H-pyrrole nitrogens is 1. The molecule has 0 bridgehead atoms. The SMILES string of the molecule is O=c1ccn([C@@H]2O[C@H](CS)[C@](S)(C3(c4ccccc4)c4ccccc4Oc4ccccc43)[C@]2(O)C2(c3ccccc3)c3ccccc3Oc3ccccc32)c(=O)[nH]1. The Hall–Kier alpha value is -5.78. The van der Waals surface area contributed by atoms with Crippen LogP contribution in [0.25, 0.3) is 0 Å². The van der Waals surface area contributed by atoms with Crippen molar-refractivity contribution in [2.24, 2.45) is 0 Å². The lowest BCUT2D eigenvalue weighted by atomic mass is 9.46. The number of nitrogens with one attached hydrogen (secondary N) is 1. The van der Waals surface area contributed by atoms with Gasteiger partial charge in [-0.05, 0) is 35.4 Å². The Balaban J connectivity index is 1.49. The highest BCUT2D eigenvalue weighted by molar-refractivity contribution is 7.82. The molecule has 10 rings (SSSR count). The highest BCUT2D eigenvalue weighted by Gasteiger charge is 2.82. The van der Waals surface area contributed by atoms with Crippen molar-refractivity contribution in [1.82, 2.24) is 9.55 Å². The van der Waals surface area contributed by atoms with E-state index in [1.165, 1.54) is 16.8 Å². The predicted molar refractivity (Wildman–Crippen MR) is 224 cm³/mol. The molecule has 0 amide bonds. The van der Waals surface area contributed by atoms with Gasteiger partial charge in [-0.25, -0.2) is 4.79 Å². The lowest BCUT2D eigenvalue weighted by molar-refractivity contribution is -0.125. The quantitative estimate of drug-likeness (QED) is 0.127. The van der Waals surface area contributed by atoms with Crippen molar-refractivity contribution >= 4 is 25.3 Å². The first kappa shape index (κ1) is 35.6. The zero-order valence-corrected chi connectivity index (χ0v) is 32.1. The molecule has 7 aromatic rings. The van der Waals surface area contributed by atoms with Gasteiger partial charge in [0, 0.05) is 40.3 Å². The molecule has 0 unspecified atom stereocenters. The third-order valence-electron chi connectivity index (χ3n) is 12.1. The van der Waals surface area contributed by atoms with Gasteiger partial charge in [0.15, 0.2) is 6.23 Å². The average molecular weight is 789 g/mol. The fourth-order valence-corrected chi connectivity index (χ4v) is 11.4. The van der Waals surface area contributed by atoms with Crippen molar-refractivity contribution < 1.29 is 19.3 Å². The topological polar surface area (TPSA) is 103 Å². The smallest absolute Gasteiger partial charge is 0.330 e. The van der Waals surface area contributed by atoms with Crippen molar-refractivity contribution in [1.29, 1.82) is 0 Å². The summed E-state index contributed by atoms with van der Waals surface area (Å²) in [4.78, 5) is 29.4. The fourth-order valence-electron chi connectivity index (χ4n) is 10.1. The first-order valence-electron chi connectivity index (χ1n) is 18.7. The van der Waals surface area contributed by atoms with E-state index in [2.05, 4.69) is 4.98 Å². The molecule has 0 saturated carbocycles. The van der Waals surface area contributed by atoms with Crippen LogP contribution in [0, 0.1) is 0 Å². The summed E-state index contributed by atoms with van der Waals surface area (Å²) in [6.07, 6.45) is -1.12. The number of hydrogen-bond donors (Lipinski definition) is 4. The number of aromatic amines is 1. The first-order chi connectivity index (χ1) is 27.8. The maximum absolute atomic E-state index is 15.5. The van der Waals surface area contributed by atoms with Gasteiger partial charge in [0.25, 0.3) is 5.56 Å². The summed E-state index contributed by atoms with van der Waals surface area (Å²) in [6, 6.07) is 51.8. The second-order valence-corrected chi connectivity index (χ2v) is 15.7. The number of hydrogen-bond acceptors (Lipinski definition) is 8. The summed E-state index contributed by atoms with van der Waals surface area (Å²) in [5.74, 6) is 2.21. The number of fused-ring (bicyclic) bond motifs is 4. The Kier molecular flexibility index (Phi) is 8.21. The van der Waals surface area contributed by atoms with Crippen molar-refractivity contribution in [2.45, 2.75) is 33.5 Å². The van der Waals surface area contributed by atoms with Crippen molar-refractivity contribution in [3.63, 3.8) is 0 Å². The van der Waals surface area contributed by atoms with Crippen LogP contribution in [-0.2, 0) is 15.6 Å². The molecule has 57 heavy (non-hydrogen) atoms. The Labute approximate surface area is 339 Å². The summed E-state index contributed by atoms with van der Waals surface area (Å²) < 4.78 is 20.2. The molecule has 4 heterocycles. The van der Waals surface area contributed by atoms with Crippen molar-refractivity contribution in [2.75, 3.05) is 5.75 Å². The molecule has 0 aliphatic carbocycles. The van der Waals surface area contributed by atoms with E-state index in [9.17, 15) is 9.59 Å². The molecule has 6 aromatic carbocycles. The largest absolute Gasteiger partial charge is 0.457 e. The van der Waals surface area contributed by atoms with Crippen LogP contribution in [-0.4, -0.2) is 36.9 Å². The molecule has 3 aliphatic rings. The summed E-state index contributed by atoms with van der Waals surface area (Å²) >= 11 is 11.1. The van der Waals surface area contributed by atoms with Gasteiger partial charge in [-0.1, -0.05) is 133 Å². The van der Waals surface area contributed by atoms with Crippen LogP contribution in [0.4, 0.5) is 0 Å². The molecule has 0 radical (unpaired) electrons. The Morgan fingerprint density at radius 3 is 1.42 bits per heavy atom. The Morgan fingerprint density at radius 2 is 0.982 bits per heavy atom. The van der Waals surface area contributed by atoms with Crippen LogP contribution >= 0.6 is 25.3 Å². The van der Waals surface area contributed by atoms with E-state index in [4.69, 9.17) is 39.5 Å². The van der Waals surface area contributed by atoms with Gasteiger partial charge in [0.2, 0.25) is 0 Å². The number of benzene rings is 6. The first-order valence-corrected chi connectivity index (χ1v) is 19.8. The van der Waals surface area contributed by atoms with Crippen LogP contribution in [0.2, 0.25) is 0 Å². The molecule has 3 aliphatic heterocycles. The average Bonchev–Trinajstić information content (AvgIpc) is 3.49. The molecular formula is C47H36N2O6S2. The molecule has 1 aromatic heterocycles. The van der Waals surface area contributed by atoms with E-state index in [0.29, 0.717) is 39.7 Å². The van der Waals surface area contributed by atoms with Gasteiger partial charge < -0.3 is 19.3 Å². The number of nitrogens with zero attached hydrogens (tertiary/aromatic N) is 1. The zero-order valence-electron chi connectivity index (χ0n) is 30.4. The number of aliphatic hydroxyl groups is 1. The molecule has 10 heteroatoms. The van der Waals surface area contributed by atoms with Crippen LogP contribution in [0.1, 0.15) is 39.6 Å². The number of ether oxygens (including phenoxy) is 3. The minimum absolute atomic E-state index is 0.0604. The number of rotatable bonds is 6. The minimum Gasteiger partial charge on any atom is -0.457 e. The van der Waals surface area contributed by atoms with Gasteiger partial charge in [0.05, 0.1) is 21.7 Å². The molecular weight excluding hydrogens is 753 g/mol. The van der Waals surface area contributed by atoms with Crippen LogP contribution in [0.3, 0.4) is 0 Å². The molecule has 1 saturated heterocycles. The Bertz CT molecular complexity index is 2700. The maximum Gasteiger partial charge on any atom is 0.330 e.